The number of amides is 1. The highest BCUT2D eigenvalue weighted by Gasteiger charge is 2.37. The summed E-state index contributed by atoms with van der Waals surface area (Å²) in [6, 6.07) is 9.91. The molecule has 1 aliphatic rings. The zero-order valence-electron chi connectivity index (χ0n) is 18.7. The second-order valence-electron chi connectivity index (χ2n) is 8.13. The van der Waals surface area contributed by atoms with Gasteiger partial charge in [0.1, 0.15) is 17.3 Å². The summed E-state index contributed by atoms with van der Waals surface area (Å²) in [5, 5.41) is 6.48. The minimum Gasteiger partial charge on any atom is -0.355 e. The number of nitrogens with zero attached hydrogens (tertiary/aromatic N) is 2. The van der Waals surface area contributed by atoms with Crippen LogP contribution in [-0.4, -0.2) is 36.9 Å². The first kappa shape index (κ1) is 25.0. The first-order valence-corrected chi connectivity index (χ1v) is 12.6. The predicted molar refractivity (Wildman–Crippen MR) is 128 cm³/mol. The second kappa shape index (κ2) is 10.3. The molecule has 35 heavy (non-hydrogen) atoms. The number of hydrogen-bond acceptors (Lipinski definition) is 5. The van der Waals surface area contributed by atoms with Crippen LogP contribution >= 0.6 is 11.6 Å². The smallest absolute Gasteiger partial charge is 0.248 e. The Hall–Kier alpha value is -3.08. The molecule has 1 aliphatic heterocycles. The summed E-state index contributed by atoms with van der Waals surface area (Å²) >= 11 is 5.75. The minimum absolute atomic E-state index is 0.0326. The van der Waals surface area contributed by atoms with Crippen LogP contribution in [0.5, 0.6) is 0 Å². The molecule has 2 aromatic carbocycles. The number of piperidine rings is 1. The fourth-order valence-electron chi connectivity index (χ4n) is 3.90. The fourth-order valence-corrected chi connectivity index (χ4v) is 5.84. The number of aryl methyl sites for hydroxylation is 1. The van der Waals surface area contributed by atoms with Gasteiger partial charge in [-0.05, 0) is 56.2 Å². The van der Waals surface area contributed by atoms with Gasteiger partial charge in [-0.3, -0.25) is 4.79 Å². The van der Waals surface area contributed by atoms with Crippen LogP contribution in [-0.2, 0) is 14.8 Å². The maximum atomic E-state index is 14.1. The molecule has 1 unspecified atom stereocenters. The van der Waals surface area contributed by atoms with Crippen LogP contribution in [0.25, 0.3) is 12.2 Å². The van der Waals surface area contributed by atoms with Gasteiger partial charge in [-0.25, -0.2) is 17.2 Å². The van der Waals surface area contributed by atoms with Gasteiger partial charge in [0, 0.05) is 23.7 Å². The van der Waals surface area contributed by atoms with Gasteiger partial charge in [-0.1, -0.05) is 35.0 Å². The number of anilines is 1. The molecule has 0 radical (unpaired) electrons. The molecule has 0 spiro atoms. The zero-order chi connectivity index (χ0) is 25.2. The van der Waals surface area contributed by atoms with Crippen molar-refractivity contribution in [2.75, 3.05) is 18.4 Å². The Balaban J connectivity index is 1.54. The molecule has 1 aromatic heterocycles. The molecule has 1 saturated heterocycles. The van der Waals surface area contributed by atoms with Gasteiger partial charge in [0.25, 0.3) is 0 Å². The van der Waals surface area contributed by atoms with Gasteiger partial charge >= 0.3 is 0 Å². The average Bonchev–Trinajstić information content (AvgIpc) is 3.21. The standard InChI is InChI=1S/C24H22ClF2N3O4S/c1-15-23(22(34-29-15)11-8-16-5-2-3-7-19(16)26)35(32,33)30-12-4-6-17(14-30)24(31)28-21-10-9-18(25)13-20(21)27/h2-3,5,7-11,13,17H,4,6,12,14H2,1H3,(H,28,31)/b11-8+. The zero-order valence-corrected chi connectivity index (χ0v) is 20.2. The van der Waals surface area contributed by atoms with Crippen LogP contribution in [0.1, 0.15) is 29.9 Å². The summed E-state index contributed by atoms with van der Waals surface area (Å²) in [6.45, 7) is 1.60. The van der Waals surface area contributed by atoms with E-state index in [9.17, 15) is 22.0 Å². The highest BCUT2D eigenvalue weighted by atomic mass is 35.5. The van der Waals surface area contributed by atoms with Crippen LogP contribution in [0.4, 0.5) is 14.5 Å². The lowest BCUT2D eigenvalue weighted by Crippen LogP contribution is -2.44. The van der Waals surface area contributed by atoms with Crippen molar-refractivity contribution in [1.82, 2.24) is 9.46 Å². The van der Waals surface area contributed by atoms with Crippen molar-refractivity contribution in [1.29, 1.82) is 0 Å². The van der Waals surface area contributed by atoms with E-state index < -0.39 is 33.5 Å². The molecule has 3 aromatic rings. The topological polar surface area (TPSA) is 92.5 Å². The van der Waals surface area contributed by atoms with Gasteiger partial charge in [0.15, 0.2) is 10.7 Å². The van der Waals surface area contributed by atoms with E-state index in [-0.39, 0.29) is 45.7 Å². The largest absolute Gasteiger partial charge is 0.355 e. The molecule has 1 N–H and O–H groups in total. The number of aromatic nitrogens is 1. The minimum atomic E-state index is -4.09. The molecular weight excluding hydrogens is 500 g/mol. The summed E-state index contributed by atoms with van der Waals surface area (Å²) in [5.74, 6) is -2.37. The van der Waals surface area contributed by atoms with Crippen molar-refractivity contribution in [3.63, 3.8) is 0 Å². The van der Waals surface area contributed by atoms with Crippen LogP contribution in [0, 0.1) is 24.5 Å². The van der Waals surface area contributed by atoms with Crippen molar-refractivity contribution in [3.8, 4) is 0 Å². The lowest BCUT2D eigenvalue weighted by atomic mass is 9.98. The molecule has 0 bridgehead atoms. The first-order chi connectivity index (χ1) is 16.7. The average molecular weight is 522 g/mol. The second-order valence-corrected chi connectivity index (χ2v) is 10.4. The number of carbonyl (C=O) groups excluding carboxylic acids is 1. The Morgan fingerprint density at radius 1 is 1.20 bits per heavy atom. The highest BCUT2D eigenvalue weighted by Crippen LogP contribution is 2.30. The SMILES string of the molecule is Cc1noc(/C=C/c2ccccc2F)c1S(=O)(=O)N1CCCC(C(=O)Nc2ccc(Cl)cc2F)C1. The van der Waals surface area contributed by atoms with Crippen LogP contribution in [0.15, 0.2) is 51.9 Å². The molecule has 11 heteroatoms. The molecule has 0 saturated carbocycles. The quantitative estimate of drug-likeness (QED) is 0.486. The van der Waals surface area contributed by atoms with E-state index in [0.717, 1.165) is 6.07 Å². The third kappa shape index (κ3) is 5.44. The monoisotopic (exact) mass is 521 g/mol. The summed E-state index contributed by atoms with van der Waals surface area (Å²) < 4.78 is 61.4. The number of nitrogens with one attached hydrogen (secondary N) is 1. The Kier molecular flexibility index (Phi) is 7.34. The fraction of sp³-hybridized carbons (Fsp3) is 0.250. The van der Waals surface area contributed by atoms with Gasteiger partial charge in [0.05, 0.1) is 11.6 Å². The van der Waals surface area contributed by atoms with Crippen LogP contribution < -0.4 is 5.32 Å². The molecule has 1 amide bonds. The van der Waals surface area contributed by atoms with E-state index >= 15 is 0 Å². The van der Waals surface area contributed by atoms with Gasteiger partial charge < -0.3 is 9.84 Å². The van der Waals surface area contributed by atoms with Crippen molar-refractivity contribution in [3.05, 3.63) is 76.1 Å². The number of benzene rings is 2. The maximum Gasteiger partial charge on any atom is 0.248 e. The molecule has 1 fully saturated rings. The van der Waals surface area contributed by atoms with E-state index in [4.69, 9.17) is 16.1 Å². The number of rotatable bonds is 6. The lowest BCUT2D eigenvalue weighted by molar-refractivity contribution is -0.120. The first-order valence-electron chi connectivity index (χ1n) is 10.8. The number of hydrogen-bond donors (Lipinski definition) is 1. The van der Waals surface area contributed by atoms with Gasteiger partial charge in [0.2, 0.25) is 15.9 Å². The summed E-state index contributed by atoms with van der Waals surface area (Å²) in [7, 11) is -4.09. The Bertz CT molecular complexity index is 1390. The summed E-state index contributed by atoms with van der Waals surface area (Å²) in [4.78, 5) is 12.6. The molecule has 2 heterocycles. The number of carbonyl (C=O) groups is 1. The van der Waals surface area contributed by atoms with E-state index in [1.54, 1.807) is 18.2 Å². The van der Waals surface area contributed by atoms with E-state index in [0.29, 0.717) is 12.8 Å². The molecule has 4 rings (SSSR count). The highest BCUT2D eigenvalue weighted by molar-refractivity contribution is 7.89. The Morgan fingerprint density at radius 2 is 1.97 bits per heavy atom. The normalized spacial score (nSPS) is 17.1. The third-order valence-corrected chi connectivity index (χ3v) is 7.95. The van der Waals surface area contributed by atoms with Crippen molar-refractivity contribution < 1.29 is 26.5 Å². The molecule has 1 atom stereocenters. The maximum absolute atomic E-state index is 14.1. The van der Waals surface area contributed by atoms with Crippen LogP contribution in [0.2, 0.25) is 5.02 Å². The van der Waals surface area contributed by atoms with E-state index in [2.05, 4.69) is 10.5 Å². The van der Waals surface area contributed by atoms with E-state index in [1.165, 1.54) is 41.6 Å². The number of halogens is 3. The molecule has 0 aliphatic carbocycles. The Morgan fingerprint density at radius 3 is 2.71 bits per heavy atom. The predicted octanol–water partition coefficient (Wildman–Crippen LogP) is 5.12. The van der Waals surface area contributed by atoms with Crippen molar-refractivity contribution in [2.45, 2.75) is 24.7 Å². The third-order valence-electron chi connectivity index (χ3n) is 5.69. The van der Waals surface area contributed by atoms with Crippen molar-refractivity contribution in [2.24, 2.45) is 5.92 Å². The summed E-state index contributed by atoms with van der Waals surface area (Å²) in [5.41, 5.74) is 0.372. The molecule has 7 nitrogen and oxygen atoms in total. The van der Waals surface area contributed by atoms with Gasteiger partial charge in [-0.2, -0.15) is 4.31 Å². The van der Waals surface area contributed by atoms with Gasteiger partial charge in [-0.15, -0.1) is 0 Å². The number of sulfonamides is 1. The van der Waals surface area contributed by atoms with Crippen molar-refractivity contribution >= 4 is 45.4 Å². The molecule has 184 valence electrons. The van der Waals surface area contributed by atoms with Crippen LogP contribution in [0.3, 0.4) is 0 Å². The Labute approximate surface area is 206 Å². The summed E-state index contributed by atoms with van der Waals surface area (Å²) in [6.07, 6.45) is 3.63. The van der Waals surface area contributed by atoms with E-state index in [1.807, 2.05) is 0 Å². The molecular formula is C24H22ClF2N3O4S. The lowest BCUT2D eigenvalue weighted by Gasteiger charge is -2.31.